The summed E-state index contributed by atoms with van der Waals surface area (Å²) in [6.07, 6.45) is 1.37. The summed E-state index contributed by atoms with van der Waals surface area (Å²) in [5, 5.41) is 0. The Morgan fingerprint density at radius 1 is 0.844 bits per heavy atom. The van der Waals surface area contributed by atoms with Crippen LogP contribution >= 0.6 is 0 Å². The molecule has 0 bridgehead atoms. The third-order valence-electron chi connectivity index (χ3n) is 4.91. The third kappa shape index (κ3) is 4.28. The SMILES string of the molecule is COCCN1C(=O)/C(=C\c2c(OC)cc(OC)cc2OC)C(=O)N(c2ccccc2)C1=O. The van der Waals surface area contributed by atoms with Gasteiger partial charge in [-0.15, -0.1) is 0 Å². The van der Waals surface area contributed by atoms with Gasteiger partial charge < -0.3 is 18.9 Å². The lowest BCUT2D eigenvalue weighted by atomic mass is 10.0. The number of methoxy groups -OCH3 is 4. The predicted molar refractivity (Wildman–Crippen MR) is 117 cm³/mol. The van der Waals surface area contributed by atoms with E-state index < -0.39 is 17.8 Å². The van der Waals surface area contributed by atoms with Crippen molar-refractivity contribution in [1.82, 2.24) is 4.90 Å². The number of ether oxygens (including phenoxy) is 4. The number of barbiturate groups is 1. The Balaban J connectivity index is 2.17. The number of imide groups is 2. The van der Waals surface area contributed by atoms with Crippen molar-refractivity contribution in [3.8, 4) is 17.2 Å². The van der Waals surface area contributed by atoms with Crippen LogP contribution in [0.2, 0.25) is 0 Å². The van der Waals surface area contributed by atoms with E-state index in [1.54, 1.807) is 42.5 Å². The van der Waals surface area contributed by atoms with Crippen LogP contribution < -0.4 is 19.1 Å². The molecule has 0 spiro atoms. The highest BCUT2D eigenvalue weighted by molar-refractivity contribution is 6.39. The van der Waals surface area contributed by atoms with Crippen molar-refractivity contribution < 1.29 is 33.3 Å². The number of nitrogens with zero attached hydrogens (tertiary/aromatic N) is 2. The number of carbonyl (C=O) groups is 3. The number of hydrogen-bond acceptors (Lipinski definition) is 7. The van der Waals surface area contributed by atoms with E-state index in [4.69, 9.17) is 18.9 Å². The third-order valence-corrected chi connectivity index (χ3v) is 4.91. The molecule has 32 heavy (non-hydrogen) atoms. The van der Waals surface area contributed by atoms with E-state index >= 15 is 0 Å². The van der Waals surface area contributed by atoms with Crippen molar-refractivity contribution in [2.45, 2.75) is 0 Å². The molecule has 9 heteroatoms. The minimum absolute atomic E-state index is 0.0149. The van der Waals surface area contributed by atoms with Gasteiger partial charge >= 0.3 is 6.03 Å². The van der Waals surface area contributed by atoms with Gasteiger partial charge in [-0.1, -0.05) is 18.2 Å². The summed E-state index contributed by atoms with van der Waals surface area (Å²) >= 11 is 0. The standard InChI is InChI=1S/C23H24N2O7/c1-29-11-10-24-21(26)18(22(27)25(23(24)28)15-8-6-5-7-9-15)14-17-19(31-3)12-16(30-2)13-20(17)32-4/h5-9,12-14H,10-11H2,1-4H3/b18-14+. The van der Waals surface area contributed by atoms with Crippen molar-refractivity contribution in [1.29, 1.82) is 0 Å². The number of benzene rings is 2. The number of amides is 4. The maximum atomic E-state index is 13.3. The van der Waals surface area contributed by atoms with E-state index in [1.807, 2.05) is 0 Å². The molecule has 1 aliphatic rings. The summed E-state index contributed by atoms with van der Waals surface area (Å²) < 4.78 is 21.1. The van der Waals surface area contributed by atoms with E-state index in [9.17, 15) is 14.4 Å². The van der Waals surface area contributed by atoms with Gasteiger partial charge in [-0.25, -0.2) is 9.69 Å². The largest absolute Gasteiger partial charge is 0.496 e. The fourth-order valence-electron chi connectivity index (χ4n) is 3.28. The summed E-state index contributed by atoms with van der Waals surface area (Å²) in [4.78, 5) is 41.5. The summed E-state index contributed by atoms with van der Waals surface area (Å²) in [5.74, 6) is -0.337. The fourth-order valence-corrected chi connectivity index (χ4v) is 3.28. The van der Waals surface area contributed by atoms with Crippen LogP contribution in [-0.4, -0.2) is 64.3 Å². The van der Waals surface area contributed by atoms with Crippen LogP contribution in [0.5, 0.6) is 17.2 Å². The van der Waals surface area contributed by atoms with Gasteiger partial charge in [-0.3, -0.25) is 14.5 Å². The zero-order valence-electron chi connectivity index (χ0n) is 18.3. The van der Waals surface area contributed by atoms with Crippen LogP contribution in [0.25, 0.3) is 6.08 Å². The first-order valence-electron chi connectivity index (χ1n) is 9.72. The van der Waals surface area contributed by atoms with Crippen molar-refractivity contribution in [3.63, 3.8) is 0 Å². The first-order chi connectivity index (χ1) is 15.5. The first kappa shape index (κ1) is 22.8. The molecule has 4 amide bonds. The smallest absolute Gasteiger partial charge is 0.338 e. The molecule has 1 saturated heterocycles. The van der Waals surface area contributed by atoms with Gasteiger partial charge in [0, 0.05) is 19.2 Å². The van der Waals surface area contributed by atoms with Gasteiger partial charge in [0.25, 0.3) is 11.8 Å². The van der Waals surface area contributed by atoms with Crippen LogP contribution in [0.3, 0.4) is 0 Å². The number of rotatable bonds is 8. The zero-order chi connectivity index (χ0) is 23.3. The van der Waals surface area contributed by atoms with E-state index in [2.05, 4.69) is 0 Å². The average molecular weight is 440 g/mol. The second-order valence-electron chi connectivity index (χ2n) is 6.71. The van der Waals surface area contributed by atoms with Crippen molar-refractivity contribution in [2.75, 3.05) is 46.5 Å². The van der Waals surface area contributed by atoms with Crippen LogP contribution in [0.1, 0.15) is 5.56 Å². The fraction of sp³-hybridized carbons (Fsp3) is 0.261. The Hall–Kier alpha value is -3.85. The molecule has 0 N–H and O–H groups in total. The second-order valence-corrected chi connectivity index (χ2v) is 6.71. The molecule has 0 aromatic heterocycles. The van der Waals surface area contributed by atoms with Crippen molar-refractivity contribution in [2.24, 2.45) is 0 Å². The molecule has 2 aromatic carbocycles. The van der Waals surface area contributed by atoms with Gasteiger partial charge in [-0.05, 0) is 18.2 Å². The Morgan fingerprint density at radius 3 is 2.00 bits per heavy atom. The van der Waals surface area contributed by atoms with Crippen LogP contribution in [0, 0.1) is 0 Å². The second kappa shape index (κ2) is 9.97. The maximum Gasteiger partial charge on any atom is 0.338 e. The van der Waals surface area contributed by atoms with Crippen LogP contribution in [0.4, 0.5) is 10.5 Å². The quantitative estimate of drug-likeness (QED) is 0.460. The molecule has 9 nitrogen and oxygen atoms in total. The molecule has 1 aliphatic heterocycles. The molecule has 168 valence electrons. The lowest BCUT2D eigenvalue weighted by Crippen LogP contribution is -2.57. The monoisotopic (exact) mass is 440 g/mol. The predicted octanol–water partition coefficient (Wildman–Crippen LogP) is 2.74. The molecule has 0 unspecified atom stereocenters. The lowest BCUT2D eigenvalue weighted by Gasteiger charge is -2.33. The van der Waals surface area contributed by atoms with Gasteiger partial charge in [0.2, 0.25) is 0 Å². The molecule has 3 rings (SSSR count). The summed E-state index contributed by atoms with van der Waals surface area (Å²) in [6.45, 7) is 0.107. The first-order valence-corrected chi connectivity index (χ1v) is 9.72. The molecule has 0 aliphatic carbocycles. The Morgan fingerprint density at radius 2 is 1.47 bits per heavy atom. The van der Waals surface area contributed by atoms with Gasteiger partial charge in [0.05, 0.1) is 45.7 Å². The highest BCUT2D eigenvalue weighted by atomic mass is 16.5. The molecule has 1 heterocycles. The van der Waals surface area contributed by atoms with Gasteiger partial charge in [-0.2, -0.15) is 0 Å². The Labute approximate surface area is 185 Å². The molecular formula is C23H24N2O7. The molecule has 2 aromatic rings. The highest BCUT2D eigenvalue weighted by Gasteiger charge is 2.42. The number of carbonyl (C=O) groups excluding carboxylic acids is 3. The Kier molecular flexibility index (Phi) is 7.11. The molecule has 0 radical (unpaired) electrons. The molecule has 1 fully saturated rings. The maximum absolute atomic E-state index is 13.3. The van der Waals surface area contributed by atoms with Crippen molar-refractivity contribution in [3.05, 3.63) is 53.6 Å². The summed E-state index contributed by atoms with van der Waals surface area (Å²) in [7, 11) is 5.86. The van der Waals surface area contributed by atoms with Gasteiger partial charge in [0.1, 0.15) is 22.8 Å². The Bertz CT molecular complexity index is 1020. The van der Waals surface area contributed by atoms with Crippen LogP contribution in [-0.2, 0) is 14.3 Å². The molecule has 0 saturated carbocycles. The van der Waals surface area contributed by atoms with E-state index in [1.165, 1.54) is 34.5 Å². The number of para-hydroxylation sites is 1. The molecule has 0 atom stereocenters. The van der Waals surface area contributed by atoms with E-state index in [0.717, 1.165) is 9.80 Å². The lowest BCUT2D eigenvalue weighted by molar-refractivity contribution is -0.129. The van der Waals surface area contributed by atoms with Crippen molar-refractivity contribution >= 4 is 29.6 Å². The topological polar surface area (TPSA) is 94.6 Å². The number of urea groups is 1. The normalized spacial score (nSPS) is 15.4. The minimum Gasteiger partial charge on any atom is -0.496 e. The molecular weight excluding hydrogens is 416 g/mol. The zero-order valence-corrected chi connectivity index (χ0v) is 18.3. The number of hydrogen-bond donors (Lipinski definition) is 0. The van der Waals surface area contributed by atoms with Crippen LogP contribution in [0.15, 0.2) is 48.0 Å². The van der Waals surface area contributed by atoms with Gasteiger partial charge in [0.15, 0.2) is 0 Å². The number of anilines is 1. The summed E-state index contributed by atoms with van der Waals surface area (Å²) in [6, 6.07) is 10.9. The average Bonchev–Trinajstić information content (AvgIpc) is 2.82. The highest BCUT2D eigenvalue weighted by Crippen LogP contribution is 2.37. The minimum atomic E-state index is -0.750. The van der Waals surface area contributed by atoms with E-state index in [0.29, 0.717) is 28.5 Å². The van der Waals surface area contributed by atoms with E-state index in [-0.39, 0.29) is 18.7 Å². The summed E-state index contributed by atoms with van der Waals surface area (Å²) in [5.41, 5.74) is 0.491.